The van der Waals surface area contributed by atoms with Gasteiger partial charge in [-0.1, -0.05) is 266 Å². The SMILES string of the molecule is C(=C1CCCCC1)c1ccc(N(c2ccc(C=C3CCCCC3)cc2)c2ccc3c(c2)C2(c4cc(N(c5ccc(C=C6CCCCC6)cc5)c5ccc(C=C6CCCCC6)cc5)ccc4-3)c3cc(N(c4ccc(C=C5CCCCC5)cc4)c4ccc(C=C5CCCCC5)cc4)ccc3-c3ccc(N(c4ccc(C=C5CCCCC5)cc4)c4ccc(C=C5CCCCC5)cc4)cc32)cc1. The molecule has 0 bridgehead atoms. The Hall–Kier alpha value is -12.2. The van der Waals surface area contributed by atoms with Gasteiger partial charge in [-0.15, -0.1) is 0 Å². The first-order valence-corrected chi connectivity index (χ1v) is 52.0. The van der Waals surface area contributed by atoms with Crippen LogP contribution in [0.1, 0.15) is 324 Å². The van der Waals surface area contributed by atoms with E-state index in [1.54, 1.807) is 44.6 Å². The monoisotopic (exact) mass is 1740 g/mol. The lowest BCUT2D eigenvalue weighted by Gasteiger charge is -2.35. The van der Waals surface area contributed by atoms with Crippen molar-refractivity contribution in [3.05, 3.63) is 378 Å². The maximum absolute atomic E-state index is 2.66. The van der Waals surface area contributed by atoms with Crippen molar-refractivity contribution < 1.29 is 0 Å². The second kappa shape index (κ2) is 39.9. The highest BCUT2D eigenvalue weighted by molar-refractivity contribution is 6.00. The molecule has 133 heavy (non-hydrogen) atoms. The van der Waals surface area contributed by atoms with Crippen molar-refractivity contribution in [1.29, 1.82) is 0 Å². The summed E-state index contributed by atoms with van der Waals surface area (Å²) in [4.78, 5) is 10.3. The molecular weight excluding hydrogens is 1610 g/mol. The van der Waals surface area contributed by atoms with Crippen molar-refractivity contribution in [1.82, 2.24) is 0 Å². The van der Waals surface area contributed by atoms with Crippen LogP contribution in [0.4, 0.5) is 68.2 Å². The standard InChI is InChI=1S/C129H132N4/c1-9-25-93(26-10-1)81-101-41-57-109(58-42-101)130(110-59-43-102(44-60-110)82-94-27-11-2-12-28-94)117-73-77-121-122-78-74-118(131(111-61-45-103(46-62-111)83-95-29-13-3-14-30-95)112-63-47-104(48-64-112)84-96-31-15-4-16-32-96)90-126(122)129(125(121)89-117)127-91-119(132(113-65-49-105(50-66-113)85-97-33-17-5-18-34-97)114-67-51-106(52-68-114)86-98-35-19-6-20-36-98)75-79-123(127)124-80-76-120(92-128(124)129)133(115-69-53-107(54-70-115)87-99-37-21-7-22-38-99)116-71-55-108(56-72-116)88-100-39-23-8-24-40-100/h41-92H,1-40H2. The van der Waals surface area contributed by atoms with E-state index < -0.39 is 5.41 Å². The summed E-state index contributed by atoms with van der Waals surface area (Å²) >= 11 is 0. The van der Waals surface area contributed by atoms with E-state index in [9.17, 15) is 0 Å². The fourth-order valence-electron chi connectivity index (χ4n) is 24.4. The Bertz CT molecular complexity index is 5310. The third-order valence-electron chi connectivity index (χ3n) is 31.4. The molecule has 0 heterocycles. The lowest BCUT2D eigenvalue weighted by Crippen LogP contribution is -2.27. The number of hydrogen-bond donors (Lipinski definition) is 0. The minimum Gasteiger partial charge on any atom is -0.310 e. The van der Waals surface area contributed by atoms with Gasteiger partial charge in [0.05, 0.1) is 5.41 Å². The number of nitrogens with zero attached hydrogens (tertiary/aromatic N) is 4. The van der Waals surface area contributed by atoms with E-state index in [0.717, 1.165) is 68.2 Å². The van der Waals surface area contributed by atoms with E-state index in [2.05, 4.69) is 335 Å². The van der Waals surface area contributed by atoms with Gasteiger partial charge in [0, 0.05) is 68.2 Å². The molecule has 8 saturated carbocycles. The average molecular weight is 1740 g/mol. The van der Waals surface area contributed by atoms with E-state index in [-0.39, 0.29) is 0 Å². The highest BCUT2D eigenvalue weighted by Crippen LogP contribution is 2.66. The summed E-state index contributed by atoms with van der Waals surface area (Å²) in [6.45, 7) is 0. The van der Waals surface area contributed by atoms with E-state index in [1.807, 2.05) is 0 Å². The van der Waals surface area contributed by atoms with Crippen LogP contribution in [0.2, 0.25) is 0 Å². The van der Waals surface area contributed by atoms with Crippen molar-refractivity contribution in [3.63, 3.8) is 0 Å². The molecule has 0 amide bonds. The van der Waals surface area contributed by atoms with Gasteiger partial charge >= 0.3 is 0 Å². The second-order valence-electron chi connectivity index (χ2n) is 40.6. The van der Waals surface area contributed by atoms with Crippen LogP contribution in [0.3, 0.4) is 0 Å². The van der Waals surface area contributed by atoms with Crippen LogP contribution in [-0.2, 0) is 5.41 Å². The zero-order valence-corrected chi connectivity index (χ0v) is 78.6. The van der Waals surface area contributed by atoms with Gasteiger partial charge < -0.3 is 19.6 Å². The molecule has 10 aliphatic rings. The Morgan fingerprint density at radius 1 is 0.135 bits per heavy atom. The van der Waals surface area contributed by atoms with Crippen LogP contribution in [0, 0.1) is 0 Å². The van der Waals surface area contributed by atoms with E-state index in [1.165, 1.54) is 346 Å². The number of rotatable bonds is 20. The maximum Gasteiger partial charge on any atom is 0.0728 e. The minimum absolute atomic E-state index is 0.932. The molecule has 8 fully saturated rings. The number of fused-ring (bicyclic) bond motifs is 10. The van der Waals surface area contributed by atoms with Crippen molar-refractivity contribution in [2.45, 2.75) is 262 Å². The summed E-state index contributed by atoms with van der Waals surface area (Å²) in [7, 11) is 0. The topological polar surface area (TPSA) is 13.0 Å². The third-order valence-corrected chi connectivity index (χ3v) is 31.4. The van der Waals surface area contributed by atoms with E-state index >= 15 is 0 Å². The van der Waals surface area contributed by atoms with Gasteiger partial charge in [0.1, 0.15) is 0 Å². The van der Waals surface area contributed by atoms with Gasteiger partial charge in [0.2, 0.25) is 0 Å². The molecule has 668 valence electrons. The van der Waals surface area contributed by atoms with Crippen LogP contribution in [-0.4, -0.2) is 0 Å². The highest BCUT2D eigenvalue weighted by Gasteiger charge is 2.53. The first-order chi connectivity index (χ1) is 65.8. The summed E-state index contributed by atoms with van der Waals surface area (Å²) in [6, 6.07) is 107. The molecule has 0 radical (unpaired) electrons. The molecule has 1 spiro atoms. The third kappa shape index (κ3) is 19.0. The zero-order chi connectivity index (χ0) is 88.6. The predicted molar refractivity (Wildman–Crippen MR) is 570 cm³/mol. The first-order valence-electron chi connectivity index (χ1n) is 52.0. The normalized spacial score (nSPS) is 17.6. The van der Waals surface area contributed by atoms with Gasteiger partial charge in [-0.3, -0.25) is 0 Å². The van der Waals surface area contributed by atoms with Gasteiger partial charge in [-0.2, -0.15) is 0 Å². The molecule has 0 saturated heterocycles. The molecule has 0 aromatic heterocycles. The Balaban J connectivity index is 0.792. The Morgan fingerprint density at radius 2 is 0.256 bits per heavy atom. The average Bonchev–Trinajstić information content (AvgIpc) is 1.50. The fraction of sp³-hybridized carbons (Fsp3) is 0.318. The Morgan fingerprint density at radius 3 is 0.383 bits per heavy atom. The van der Waals surface area contributed by atoms with E-state index in [0.29, 0.717) is 0 Å². The summed E-state index contributed by atoms with van der Waals surface area (Å²) in [6.07, 6.45) is 70.0. The smallest absolute Gasteiger partial charge is 0.0728 e. The largest absolute Gasteiger partial charge is 0.310 e. The van der Waals surface area contributed by atoms with Crippen LogP contribution in [0.25, 0.3) is 70.9 Å². The van der Waals surface area contributed by atoms with Gasteiger partial charge in [0.25, 0.3) is 0 Å². The van der Waals surface area contributed by atoms with Crippen LogP contribution in [0.5, 0.6) is 0 Å². The molecule has 4 heteroatoms. The summed E-state index contributed by atoms with van der Waals surface area (Å²) in [5.74, 6) is 0. The molecular formula is C129H132N4. The molecule has 12 aromatic carbocycles. The van der Waals surface area contributed by atoms with Crippen molar-refractivity contribution >= 4 is 117 Å². The summed E-state index contributed by atoms with van der Waals surface area (Å²) in [5.41, 5.74) is 45.6. The summed E-state index contributed by atoms with van der Waals surface area (Å²) < 4.78 is 0. The predicted octanol–water partition coefficient (Wildman–Crippen LogP) is 38.7. The van der Waals surface area contributed by atoms with Gasteiger partial charge in [-0.05, 0) is 440 Å². The molecule has 0 unspecified atom stereocenters. The van der Waals surface area contributed by atoms with Crippen molar-refractivity contribution in [2.75, 3.05) is 19.6 Å². The Kier molecular flexibility index (Phi) is 25.9. The molecule has 10 aliphatic carbocycles. The van der Waals surface area contributed by atoms with Crippen LogP contribution < -0.4 is 19.6 Å². The summed E-state index contributed by atoms with van der Waals surface area (Å²) in [5, 5.41) is 0. The lowest BCUT2D eigenvalue weighted by molar-refractivity contribution is 0.602. The zero-order valence-electron chi connectivity index (χ0n) is 78.6. The molecule has 0 atom stereocenters. The van der Waals surface area contributed by atoms with Crippen LogP contribution in [0.15, 0.2) is 312 Å². The maximum atomic E-state index is 2.66. The van der Waals surface area contributed by atoms with Gasteiger partial charge in [-0.25, -0.2) is 0 Å². The Labute approximate surface area is 793 Å². The molecule has 0 aliphatic heterocycles. The number of allylic oxidation sites excluding steroid dienone is 8. The lowest BCUT2D eigenvalue weighted by atomic mass is 9.70. The van der Waals surface area contributed by atoms with Gasteiger partial charge in [0.15, 0.2) is 0 Å². The van der Waals surface area contributed by atoms with Crippen molar-refractivity contribution in [2.24, 2.45) is 0 Å². The minimum atomic E-state index is -0.932. The van der Waals surface area contributed by atoms with Crippen LogP contribution >= 0.6 is 0 Å². The molecule has 0 N–H and O–H groups in total. The molecule has 12 aromatic rings. The van der Waals surface area contributed by atoms with Crippen molar-refractivity contribution in [3.8, 4) is 22.3 Å². The number of hydrogen-bond acceptors (Lipinski definition) is 4. The quantitative estimate of drug-likeness (QED) is 0.0754. The fourth-order valence-corrected chi connectivity index (χ4v) is 24.4. The highest BCUT2D eigenvalue weighted by atomic mass is 15.2. The molecule has 4 nitrogen and oxygen atoms in total. The second-order valence-corrected chi connectivity index (χ2v) is 40.6. The number of anilines is 12. The molecule has 22 rings (SSSR count). The number of benzene rings is 12. The first kappa shape index (κ1) is 86.2. The van der Waals surface area contributed by atoms with E-state index in [4.69, 9.17) is 0 Å².